The Hall–Kier alpha value is -2.10. The lowest BCUT2D eigenvalue weighted by atomic mass is 10.2. The Morgan fingerprint density at radius 1 is 1.52 bits per heavy atom. The molecule has 5 nitrogen and oxygen atoms in total. The van der Waals surface area contributed by atoms with Crippen LogP contribution in [0.2, 0.25) is 0 Å². The zero-order chi connectivity index (χ0) is 15.4. The third-order valence-corrected chi connectivity index (χ3v) is 3.90. The summed E-state index contributed by atoms with van der Waals surface area (Å²) in [5.74, 6) is 6.25. The minimum atomic E-state index is -0.0887. The molecule has 0 atom stereocenters. The molecular weight excluding hydrogens is 286 g/mol. The fourth-order valence-electron chi connectivity index (χ4n) is 1.97. The maximum absolute atomic E-state index is 12.4. The van der Waals surface area contributed by atoms with E-state index >= 15 is 0 Å². The second-order valence-corrected chi connectivity index (χ2v) is 5.66. The summed E-state index contributed by atoms with van der Waals surface area (Å²) in [7, 11) is 1.76. The van der Waals surface area contributed by atoms with Crippen LogP contribution in [0.1, 0.15) is 32.3 Å². The van der Waals surface area contributed by atoms with Gasteiger partial charge in [0.1, 0.15) is 11.3 Å². The normalized spacial score (nSPS) is 10.1. The largest absolute Gasteiger partial charge is 0.361 e. The second kappa shape index (κ2) is 6.57. The number of thiophene rings is 1. The standard InChI is InChI=1S/C15H17N3O2S/c1-10-14(11(2)20-17-10)15(19)18(3)8-13-7-12(9-21-13)5-4-6-16/h7,9H,6,8,16H2,1-3H3. The number of hydrogen-bond donors (Lipinski definition) is 1. The summed E-state index contributed by atoms with van der Waals surface area (Å²) in [5, 5.41) is 5.78. The van der Waals surface area contributed by atoms with Crippen molar-refractivity contribution in [1.29, 1.82) is 0 Å². The van der Waals surface area contributed by atoms with Gasteiger partial charge in [-0.15, -0.1) is 11.3 Å². The van der Waals surface area contributed by atoms with Crippen molar-refractivity contribution in [3.05, 3.63) is 38.9 Å². The first-order chi connectivity index (χ1) is 10.0. The van der Waals surface area contributed by atoms with Gasteiger partial charge in [0.15, 0.2) is 0 Å². The third kappa shape index (κ3) is 3.51. The van der Waals surface area contributed by atoms with E-state index in [4.69, 9.17) is 10.3 Å². The monoisotopic (exact) mass is 303 g/mol. The minimum Gasteiger partial charge on any atom is -0.361 e. The number of carbonyl (C=O) groups is 1. The predicted octanol–water partition coefficient (Wildman–Crippen LogP) is 1.94. The molecule has 2 heterocycles. The third-order valence-electron chi connectivity index (χ3n) is 2.98. The smallest absolute Gasteiger partial charge is 0.259 e. The molecule has 0 aromatic carbocycles. The first kappa shape index (κ1) is 15.3. The van der Waals surface area contributed by atoms with E-state index in [-0.39, 0.29) is 5.91 Å². The highest BCUT2D eigenvalue weighted by molar-refractivity contribution is 7.10. The van der Waals surface area contributed by atoms with Crippen molar-refractivity contribution in [1.82, 2.24) is 10.1 Å². The minimum absolute atomic E-state index is 0.0887. The summed E-state index contributed by atoms with van der Waals surface area (Å²) in [4.78, 5) is 15.1. The molecule has 2 aromatic rings. The van der Waals surface area contributed by atoms with Crippen LogP contribution in [0.5, 0.6) is 0 Å². The maximum Gasteiger partial charge on any atom is 0.259 e. The molecule has 0 aliphatic carbocycles. The quantitative estimate of drug-likeness (QED) is 0.880. The fraction of sp³-hybridized carbons (Fsp3) is 0.333. The molecule has 0 fully saturated rings. The van der Waals surface area contributed by atoms with Gasteiger partial charge in [0.25, 0.3) is 5.91 Å². The average Bonchev–Trinajstić information content (AvgIpc) is 3.03. The van der Waals surface area contributed by atoms with E-state index in [1.165, 1.54) is 0 Å². The Kier molecular flexibility index (Phi) is 4.78. The molecule has 2 rings (SSSR count). The second-order valence-electron chi connectivity index (χ2n) is 4.67. The molecule has 1 amide bonds. The Morgan fingerprint density at radius 2 is 2.29 bits per heavy atom. The lowest BCUT2D eigenvalue weighted by molar-refractivity contribution is 0.0784. The van der Waals surface area contributed by atoms with Crippen molar-refractivity contribution in [2.45, 2.75) is 20.4 Å². The van der Waals surface area contributed by atoms with Crippen LogP contribution < -0.4 is 5.73 Å². The van der Waals surface area contributed by atoms with Gasteiger partial charge in [-0.1, -0.05) is 17.0 Å². The van der Waals surface area contributed by atoms with E-state index in [1.54, 1.807) is 37.1 Å². The number of nitrogens with two attached hydrogens (primary N) is 1. The molecule has 110 valence electrons. The zero-order valence-electron chi connectivity index (χ0n) is 12.3. The van der Waals surface area contributed by atoms with Crippen molar-refractivity contribution >= 4 is 17.2 Å². The van der Waals surface area contributed by atoms with E-state index in [0.717, 1.165) is 10.4 Å². The molecule has 2 aromatic heterocycles. The van der Waals surface area contributed by atoms with Gasteiger partial charge in [0, 0.05) is 22.9 Å². The lowest BCUT2D eigenvalue weighted by Crippen LogP contribution is -2.26. The van der Waals surface area contributed by atoms with Gasteiger partial charge >= 0.3 is 0 Å². The summed E-state index contributed by atoms with van der Waals surface area (Å²) in [6.45, 7) is 4.38. The number of aryl methyl sites for hydroxylation is 2. The fourth-order valence-corrected chi connectivity index (χ4v) is 2.84. The molecule has 0 aliphatic heterocycles. The summed E-state index contributed by atoms with van der Waals surface area (Å²) in [5.41, 5.74) is 7.43. The van der Waals surface area contributed by atoms with Crippen LogP contribution in [0.15, 0.2) is 16.0 Å². The molecule has 21 heavy (non-hydrogen) atoms. The molecule has 0 aliphatic rings. The molecule has 0 saturated carbocycles. The van der Waals surface area contributed by atoms with E-state index in [1.807, 2.05) is 11.4 Å². The Bertz CT molecular complexity index is 687. The maximum atomic E-state index is 12.4. The van der Waals surface area contributed by atoms with Crippen LogP contribution in [-0.2, 0) is 6.54 Å². The highest BCUT2D eigenvalue weighted by Gasteiger charge is 2.21. The van der Waals surface area contributed by atoms with E-state index in [2.05, 4.69) is 17.0 Å². The molecule has 0 spiro atoms. The van der Waals surface area contributed by atoms with E-state index in [0.29, 0.717) is 30.1 Å². The van der Waals surface area contributed by atoms with Crippen LogP contribution in [0, 0.1) is 25.7 Å². The predicted molar refractivity (Wildman–Crippen MR) is 82.0 cm³/mol. The highest BCUT2D eigenvalue weighted by atomic mass is 32.1. The first-order valence-electron chi connectivity index (χ1n) is 6.47. The Labute approximate surface area is 127 Å². The Balaban J connectivity index is 2.09. The summed E-state index contributed by atoms with van der Waals surface area (Å²) < 4.78 is 5.04. The van der Waals surface area contributed by atoms with Crippen LogP contribution >= 0.6 is 11.3 Å². The SMILES string of the molecule is Cc1noc(C)c1C(=O)N(C)Cc1cc(C#CCN)cs1. The van der Waals surface area contributed by atoms with E-state index < -0.39 is 0 Å². The number of amides is 1. The average molecular weight is 303 g/mol. The van der Waals surface area contributed by atoms with Crippen LogP contribution in [0.3, 0.4) is 0 Å². The van der Waals surface area contributed by atoms with Gasteiger partial charge in [0.2, 0.25) is 0 Å². The van der Waals surface area contributed by atoms with Crippen molar-refractivity contribution in [2.75, 3.05) is 13.6 Å². The molecule has 6 heteroatoms. The molecule has 0 unspecified atom stereocenters. The van der Waals surface area contributed by atoms with Gasteiger partial charge in [-0.3, -0.25) is 4.79 Å². The molecule has 0 saturated heterocycles. The van der Waals surface area contributed by atoms with Gasteiger partial charge in [-0.2, -0.15) is 0 Å². The number of rotatable bonds is 3. The van der Waals surface area contributed by atoms with E-state index in [9.17, 15) is 4.79 Å². The summed E-state index contributed by atoms with van der Waals surface area (Å²) in [6, 6.07) is 1.98. The molecule has 0 radical (unpaired) electrons. The lowest BCUT2D eigenvalue weighted by Gasteiger charge is -2.15. The van der Waals surface area contributed by atoms with Crippen LogP contribution in [0.25, 0.3) is 0 Å². The van der Waals surface area contributed by atoms with Crippen molar-refractivity contribution in [2.24, 2.45) is 5.73 Å². The van der Waals surface area contributed by atoms with Gasteiger partial charge in [0.05, 0.1) is 18.8 Å². The number of nitrogens with zero attached hydrogens (tertiary/aromatic N) is 2. The molecular formula is C15H17N3O2S. The summed E-state index contributed by atoms with van der Waals surface area (Å²) >= 11 is 1.58. The number of carbonyl (C=O) groups excluding carboxylic acids is 1. The zero-order valence-corrected chi connectivity index (χ0v) is 13.1. The van der Waals surface area contributed by atoms with Gasteiger partial charge in [-0.05, 0) is 19.9 Å². The first-order valence-corrected chi connectivity index (χ1v) is 7.35. The van der Waals surface area contributed by atoms with Gasteiger partial charge < -0.3 is 15.2 Å². The van der Waals surface area contributed by atoms with Crippen molar-refractivity contribution in [3.63, 3.8) is 0 Å². The number of aromatic nitrogens is 1. The number of hydrogen-bond acceptors (Lipinski definition) is 5. The highest BCUT2D eigenvalue weighted by Crippen LogP contribution is 2.19. The van der Waals surface area contributed by atoms with Crippen molar-refractivity contribution in [3.8, 4) is 11.8 Å². The van der Waals surface area contributed by atoms with Crippen LogP contribution in [-0.4, -0.2) is 29.6 Å². The molecule has 2 N–H and O–H groups in total. The molecule has 0 bridgehead atoms. The summed E-state index contributed by atoms with van der Waals surface area (Å²) in [6.07, 6.45) is 0. The Morgan fingerprint density at radius 3 is 2.90 bits per heavy atom. The van der Waals surface area contributed by atoms with Gasteiger partial charge in [-0.25, -0.2) is 0 Å². The van der Waals surface area contributed by atoms with Crippen LogP contribution in [0.4, 0.5) is 0 Å². The topological polar surface area (TPSA) is 72.4 Å². The van der Waals surface area contributed by atoms with Crippen molar-refractivity contribution < 1.29 is 9.32 Å².